The molecule has 25 heavy (non-hydrogen) atoms. The van der Waals surface area contributed by atoms with Crippen molar-refractivity contribution in [2.45, 2.75) is 50.6 Å². The molecular weight excluding hydrogens is 310 g/mol. The van der Waals surface area contributed by atoms with E-state index in [1.807, 2.05) is 6.20 Å². The Kier molecular flexibility index (Phi) is 3.16. The SMILES string of the molecule is CC1(N)CCCC(Nc2ncc3c(n2)-c2c[nH]c4cccc(c24)C3)C1. The van der Waals surface area contributed by atoms with E-state index in [9.17, 15) is 0 Å². The monoisotopic (exact) mass is 333 g/mol. The summed E-state index contributed by atoms with van der Waals surface area (Å²) in [6.07, 6.45) is 9.28. The molecule has 2 aromatic heterocycles. The second kappa shape index (κ2) is 5.30. The summed E-state index contributed by atoms with van der Waals surface area (Å²) in [4.78, 5) is 12.8. The first-order valence-corrected chi connectivity index (χ1v) is 9.10. The predicted molar refractivity (Wildman–Crippen MR) is 101 cm³/mol. The molecule has 4 N–H and O–H groups in total. The molecule has 2 unspecified atom stereocenters. The van der Waals surface area contributed by atoms with Crippen LogP contribution in [0.2, 0.25) is 0 Å². The third kappa shape index (κ3) is 2.50. The maximum Gasteiger partial charge on any atom is 0.223 e. The van der Waals surface area contributed by atoms with Gasteiger partial charge in [0.2, 0.25) is 5.95 Å². The van der Waals surface area contributed by atoms with Gasteiger partial charge in [0.15, 0.2) is 0 Å². The lowest BCUT2D eigenvalue weighted by molar-refractivity contribution is 0.302. The number of anilines is 1. The number of aromatic amines is 1. The highest BCUT2D eigenvalue weighted by Crippen LogP contribution is 2.38. The van der Waals surface area contributed by atoms with Crippen molar-refractivity contribution in [3.05, 3.63) is 41.7 Å². The first-order valence-electron chi connectivity index (χ1n) is 9.10. The van der Waals surface area contributed by atoms with Crippen LogP contribution in [0.15, 0.2) is 30.6 Å². The maximum absolute atomic E-state index is 6.34. The van der Waals surface area contributed by atoms with Gasteiger partial charge in [-0.05, 0) is 44.2 Å². The van der Waals surface area contributed by atoms with E-state index in [-0.39, 0.29) is 5.54 Å². The quantitative estimate of drug-likeness (QED) is 0.523. The minimum Gasteiger partial charge on any atom is -0.360 e. The van der Waals surface area contributed by atoms with Gasteiger partial charge in [-0.3, -0.25) is 0 Å². The van der Waals surface area contributed by atoms with Crippen molar-refractivity contribution >= 4 is 16.9 Å². The Labute approximate surface area is 147 Å². The van der Waals surface area contributed by atoms with Gasteiger partial charge in [0.25, 0.3) is 0 Å². The average Bonchev–Trinajstić information content (AvgIpc) is 3.01. The van der Waals surface area contributed by atoms with Gasteiger partial charge in [0, 0.05) is 52.4 Å². The molecule has 5 nitrogen and oxygen atoms in total. The minimum atomic E-state index is -0.0874. The van der Waals surface area contributed by atoms with Crippen LogP contribution in [0.4, 0.5) is 5.95 Å². The van der Waals surface area contributed by atoms with Gasteiger partial charge in [-0.15, -0.1) is 0 Å². The van der Waals surface area contributed by atoms with Crippen molar-refractivity contribution in [1.29, 1.82) is 0 Å². The summed E-state index contributed by atoms with van der Waals surface area (Å²) in [5.74, 6) is 0.718. The first-order chi connectivity index (χ1) is 12.1. The lowest BCUT2D eigenvalue weighted by atomic mass is 9.81. The highest BCUT2D eigenvalue weighted by atomic mass is 15.1. The van der Waals surface area contributed by atoms with Crippen LogP contribution in [0, 0.1) is 0 Å². The average molecular weight is 333 g/mol. The molecular formula is C20H23N5. The van der Waals surface area contributed by atoms with Crippen LogP contribution in [0.1, 0.15) is 43.7 Å². The Morgan fingerprint density at radius 2 is 2.24 bits per heavy atom. The minimum absolute atomic E-state index is 0.0874. The molecule has 1 saturated carbocycles. The summed E-state index contributed by atoms with van der Waals surface area (Å²) in [7, 11) is 0. The second-order valence-electron chi connectivity index (χ2n) is 7.88. The van der Waals surface area contributed by atoms with Gasteiger partial charge in [-0.25, -0.2) is 9.97 Å². The molecule has 5 heteroatoms. The van der Waals surface area contributed by atoms with Gasteiger partial charge in [-0.1, -0.05) is 12.1 Å². The van der Waals surface area contributed by atoms with Crippen molar-refractivity contribution in [2.24, 2.45) is 5.73 Å². The number of nitrogens with two attached hydrogens (primary N) is 1. The largest absolute Gasteiger partial charge is 0.360 e. The Morgan fingerprint density at radius 1 is 1.32 bits per heavy atom. The van der Waals surface area contributed by atoms with Gasteiger partial charge in [-0.2, -0.15) is 0 Å². The fourth-order valence-corrected chi connectivity index (χ4v) is 4.46. The predicted octanol–water partition coefficient (Wildman–Crippen LogP) is 3.60. The molecule has 0 radical (unpaired) electrons. The number of H-pyrrole nitrogens is 1. The number of nitrogens with one attached hydrogen (secondary N) is 2. The molecule has 2 heterocycles. The van der Waals surface area contributed by atoms with Crippen molar-refractivity contribution in [1.82, 2.24) is 15.0 Å². The molecule has 2 aliphatic carbocycles. The van der Waals surface area contributed by atoms with Gasteiger partial charge in [0.05, 0.1) is 5.69 Å². The molecule has 0 spiro atoms. The summed E-state index contributed by atoms with van der Waals surface area (Å²) in [6, 6.07) is 6.77. The van der Waals surface area contributed by atoms with E-state index in [1.165, 1.54) is 27.6 Å². The summed E-state index contributed by atoms with van der Waals surface area (Å²) in [6.45, 7) is 2.14. The van der Waals surface area contributed by atoms with Gasteiger partial charge >= 0.3 is 0 Å². The Bertz CT molecular complexity index is 956. The highest BCUT2D eigenvalue weighted by Gasteiger charge is 2.29. The van der Waals surface area contributed by atoms with E-state index in [4.69, 9.17) is 10.7 Å². The number of rotatable bonds is 2. The third-order valence-electron chi connectivity index (χ3n) is 5.64. The zero-order valence-corrected chi connectivity index (χ0v) is 14.5. The molecule has 0 bridgehead atoms. The number of aromatic nitrogens is 3. The Hall–Kier alpha value is -2.40. The molecule has 128 valence electrons. The van der Waals surface area contributed by atoms with Crippen LogP contribution in [-0.4, -0.2) is 26.5 Å². The molecule has 0 amide bonds. The zero-order valence-electron chi connectivity index (χ0n) is 14.5. The van der Waals surface area contributed by atoms with Gasteiger partial charge in [0.1, 0.15) is 0 Å². The van der Waals surface area contributed by atoms with E-state index in [0.29, 0.717) is 6.04 Å². The smallest absolute Gasteiger partial charge is 0.223 e. The molecule has 2 atom stereocenters. The number of hydrogen-bond donors (Lipinski definition) is 3. The molecule has 2 aliphatic rings. The topological polar surface area (TPSA) is 79.6 Å². The summed E-state index contributed by atoms with van der Waals surface area (Å²) >= 11 is 0. The first kappa shape index (κ1) is 14.9. The zero-order chi connectivity index (χ0) is 17.0. The number of nitrogens with zero attached hydrogens (tertiary/aromatic N) is 2. The van der Waals surface area contributed by atoms with Gasteiger partial charge < -0.3 is 16.0 Å². The maximum atomic E-state index is 6.34. The van der Waals surface area contributed by atoms with Crippen LogP contribution in [0.5, 0.6) is 0 Å². The van der Waals surface area contributed by atoms with E-state index in [0.717, 1.165) is 43.7 Å². The van der Waals surface area contributed by atoms with Crippen LogP contribution < -0.4 is 11.1 Å². The molecule has 5 rings (SSSR count). The lowest BCUT2D eigenvalue weighted by Gasteiger charge is -2.35. The van der Waals surface area contributed by atoms with Crippen LogP contribution in [-0.2, 0) is 6.42 Å². The van der Waals surface area contributed by atoms with E-state index in [1.54, 1.807) is 0 Å². The van der Waals surface area contributed by atoms with Crippen LogP contribution >= 0.6 is 0 Å². The molecule has 3 aromatic rings. The number of benzene rings is 1. The lowest BCUT2D eigenvalue weighted by Crippen LogP contribution is -2.45. The van der Waals surface area contributed by atoms with E-state index in [2.05, 4.69) is 46.6 Å². The molecule has 0 aliphatic heterocycles. The van der Waals surface area contributed by atoms with Crippen molar-refractivity contribution in [3.8, 4) is 11.3 Å². The Balaban J connectivity index is 1.50. The molecule has 0 saturated heterocycles. The van der Waals surface area contributed by atoms with E-state index >= 15 is 0 Å². The van der Waals surface area contributed by atoms with E-state index < -0.39 is 0 Å². The molecule has 1 aromatic carbocycles. The summed E-state index contributed by atoms with van der Waals surface area (Å²) < 4.78 is 0. The van der Waals surface area contributed by atoms with Crippen LogP contribution in [0.25, 0.3) is 22.2 Å². The fourth-order valence-electron chi connectivity index (χ4n) is 4.46. The van der Waals surface area contributed by atoms with Crippen LogP contribution in [0.3, 0.4) is 0 Å². The fraction of sp³-hybridized carbons (Fsp3) is 0.400. The number of hydrogen-bond acceptors (Lipinski definition) is 4. The molecule has 1 fully saturated rings. The van der Waals surface area contributed by atoms with Crippen molar-refractivity contribution in [3.63, 3.8) is 0 Å². The third-order valence-corrected chi connectivity index (χ3v) is 5.64. The van der Waals surface area contributed by atoms with Crippen molar-refractivity contribution in [2.75, 3.05) is 5.32 Å². The summed E-state index contributed by atoms with van der Waals surface area (Å²) in [5, 5.41) is 4.82. The number of fused-ring (bicyclic) bond motifs is 2. The summed E-state index contributed by atoms with van der Waals surface area (Å²) in [5.41, 5.74) is 12.2. The second-order valence-corrected chi connectivity index (χ2v) is 7.88. The normalized spacial score (nSPS) is 25.0. The van der Waals surface area contributed by atoms with Crippen molar-refractivity contribution < 1.29 is 0 Å². The Morgan fingerprint density at radius 3 is 3.12 bits per heavy atom. The highest BCUT2D eigenvalue weighted by molar-refractivity contribution is 5.99. The standard InChI is InChI=1S/C20H23N5/c1-20(21)7-3-5-14(9-20)24-19-23-10-13-8-12-4-2-6-16-17(12)15(11-22-16)18(13)25-19/h2,4,6,10-11,14,22H,3,5,7-9,21H2,1H3,(H,23,24,25).